The minimum Gasteiger partial charge on any atom is -0.352 e. The molecule has 3 aromatic carbocycles. The highest BCUT2D eigenvalue weighted by Crippen LogP contribution is 2.28. The Balaban J connectivity index is 1.73. The molecule has 1 fully saturated rings. The molecule has 0 spiro atoms. The van der Waals surface area contributed by atoms with Gasteiger partial charge in [0.15, 0.2) is 0 Å². The van der Waals surface area contributed by atoms with Crippen LogP contribution < -0.4 is 9.62 Å². The van der Waals surface area contributed by atoms with Gasteiger partial charge in [-0.2, -0.15) is 0 Å². The van der Waals surface area contributed by atoms with E-state index in [1.165, 1.54) is 16.4 Å². The topological polar surface area (TPSA) is 86.8 Å². The summed E-state index contributed by atoms with van der Waals surface area (Å²) in [5, 5.41) is 3.15. The number of amides is 2. The predicted molar refractivity (Wildman–Crippen MR) is 163 cm³/mol. The van der Waals surface area contributed by atoms with E-state index >= 15 is 0 Å². The monoisotopic (exact) mass is 575 g/mol. The average molecular weight is 576 g/mol. The van der Waals surface area contributed by atoms with Crippen molar-refractivity contribution in [3.05, 3.63) is 95.1 Å². The zero-order valence-electron chi connectivity index (χ0n) is 24.5. The van der Waals surface area contributed by atoms with Crippen molar-refractivity contribution in [1.29, 1.82) is 0 Å². The maximum atomic E-state index is 14.3. The smallest absolute Gasteiger partial charge is 0.264 e. The number of anilines is 1. The van der Waals surface area contributed by atoms with Crippen molar-refractivity contribution < 1.29 is 18.0 Å². The molecule has 0 bridgehead atoms. The molecule has 4 rings (SSSR count). The van der Waals surface area contributed by atoms with Crippen LogP contribution in [0, 0.1) is 20.8 Å². The zero-order valence-corrected chi connectivity index (χ0v) is 25.3. The number of sulfonamides is 1. The van der Waals surface area contributed by atoms with Crippen molar-refractivity contribution >= 4 is 27.5 Å². The van der Waals surface area contributed by atoms with E-state index in [-0.39, 0.29) is 23.4 Å². The molecule has 218 valence electrons. The highest BCUT2D eigenvalue weighted by Gasteiger charge is 2.35. The van der Waals surface area contributed by atoms with Gasteiger partial charge < -0.3 is 10.2 Å². The Hall–Kier alpha value is -3.65. The third kappa shape index (κ3) is 7.36. The van der Waals surface area contributed by atoms with Gasteiger partial charge in [-0.15, -0.1) is 0 Å². The van der Waals surface area contributed by atoms with E-state index in [9.17, 15) is 18.0 Å². The normalized spacial score (nSPS) is 14.4. The first-order valence-electron chi connectivity index (χ1n) is 14.4. The molecular formula is C33H41N3O4S. The van der Waals surface area contributed by atoms with E-state index in [1.807, 2.05) is 64.1 Å². The summed E-state index contributed by atoms with van der Waals surface area (Å²) in [5.41, 5.74) is 4.10. The van der Waals surface area contributed by atoms with Gasteiger partial charge in [0.1, 0.15) is 12.6 Å². The van der Waals surface area contributed by atoms with Crippen molar-refractivity contribution in [2.24, 2.45) is 0 Å². The van der Waals surface area contributed by atoms with E-state index in [0.29, 0.717) is 12.1 Å². The summed E-state index contributed by atoms with van der Waals surface area (Å²) in [6.07, 6.45) is 4.43. The van der Waals surface area contributed by atoms with Crippen molar-refractivity contribution in [2.45, 2.75) is 83.3 Å². The van der Waals surface area contributed by atoms with Crippen molar-refractivity contribution in [1.82, 2.24) is 10.2 Å². The van der Waals surface area contributed by atoms with Gasteiger partial charge in [-0.05, 0) is 69.4 Å². The molecule has 1 atom stereocenters. The fourth-order valence-electron chi connectivity index (χ4n) is 5.61. The molecule has 2 amide bonds. The molecule has 3 aromatic rings. The van der Waals surface area contributed by atoms with Crippen LogP contribution in [0.1, 0.15) is 61.3 Å². The fraction of sp³-hybridized carbons (Fsp3) is 0.394. The number of aryl methyl sites for hydroxylation is 3. The lowest BCUT2D eigenvalue weighted by Gasteiger charge is -2.34. The van der Waals surface area contributed by atoms with Crippen molar-refractivity contribution in [3.8, 4) is 0 Å². The van der Waals surface area contributed by atoms with Gasteiger partial charge in [0.25, 0.3) is 10.0 Å². The van der Waals surface area contributed by atoms with Crippen LogP contribution in [-0.2, 0) is 26.2 Å². The Labute approximate surface area is 244 Å². The summed E-state index contributed by atoms with van der Waals surface area (Å²) in [6, 6.07) is 20.8. The lowest BCUT2D eigenvalue weighted by molar-refractivity contribution is -0.140. The molecule has 0 aliphatic heterocycles. The molecule has 0 saturated heterocycles. The molecule has 1 aliphatic rings. The van der Waals surface area contributed by atoms with Gasteiger partial charge in [0.2, 0.25) is 11.8 Å². The molecule has 1 N–H and O–H groups in total. The van der Waals surface area contributed by atoms with E-state index in [2.05, 4.69) is 5.32 Å². The summed E-state index contributed by atoms with van der Waals surface area (Å²) in [4.78, 5) is 29.5. The lowest BCUT2D eigenvalue weighted by atomic mass is 10.1. The van der Waals surface area contributed by atoms with Crippen molar-refractivity contribution in [3.63, 3.8) is 0 Å². The standard InChI is InChI=1S/C33H41N3O4S/c1-5-30(33(38)34-28-14-9-10-15-28)35(22-27-13-11-12-24(2)21-27)32(37)23-36(31-19-18-25(3)20-26(31)4)41(39,40)29-16-7-6-8-17-29/h6-8,11-13,16-21,28,30H,5,9-10,14-15,22-23H2,1-4H3,(H,34,38)/t30-/m1/s1. The van der Waals surface area contributed by atoms with Gasteiger partial charge >= 0.3 is 0 Å². The summed E-state index contributed by atoms with van der Waals surface area (Å²) in [5.74, 6) is -0.621. The van der Waals surface area contributed by atoms with E-state index < -0.39 is 28.5 Å². The molecule has 41 heavy (non-hydrogen) atoms. The highest BCUT2D eigenvalue weighted by atomic mass is 32.2. The number of benzene rings is 3. The first-order chi connectivity index (χ1) is 19.6. The van der Waals surface area contributed by atoms with Crippen LogP contribution in [0.15, 0.2) is 77.7 Å². The van der Waals surface area contributed by atoms with Crippen LogP contribution in [0.4, 0.5) is 5.69 Å². The molecule has 0 aromatic heterocycles. The lowest BCUT2D eigenvalue weighted by Crippen LogP contribution is -2.53. The van der Waals surface area contributed by atoms with E-state index in [4.69, 9.17) is 0 Å². The molecule has 0 heterocycles. The van der Waals surface area contributed by atoms with Crippen LogP contribution in [0.3, 0.4) is 0 Å². The maximum Gasteiger partial charge on any atom is 0.264 e. The highest BCUT2D eigenvalue weighted by molar-refractivity contribution is 7.92. The number of carbonyl (C=O) groups excluding carboxylic acids is 2. The van der Waals surface area contributed by atoms with Gasteiger partial charge in [0.05, 0.1) is 10.6 Å². The Bertz CT molecular complexity index is 1470. The fourth-order valence-corrected chi connectivity index (χ4v) is 7.11. The summed E-state index contributed by atoms with van der Waals surface area (Å²) in [6.45, 7) is 7.42. The number of nitrogens with one attached hydrogen (secondary N) is 1. The molecule has 1 saturated carbocycles. The summed E-state index contributed by atoms with van der Waals surface area (Å²) in [7, 11) is -4.08. The second kappa shape index (κ2) is 13.3. The van der Waals surface area contributed by atoms with E-state index in [1.54, 1.807) is 29.2 Å². The minimum atomic E-state index is -4.08. The second-order valence-corrected chi connectivity index (χ2v) is 12.9. The Morgan fingerprint density at radius 3 is 2.22 bits per heavy atom. The molecule has 8 heteroatoms. The predicted octanol–water partition coefficient (Wildman–Crippen LogP) is 5.67. The quantitative estimate of drug-likeness (QED) is 0.319. The number of rotatable bonds is 11. The third-order valence-corrected chi connectivity index (χ3v) is 9.53. The average Bonchev–Trinajstić information content (AvgIpc) is 3.45. The van der Waals surface area contributed by atoms with Crippen LogP contribution in [0.5, 0.6) is 0 Å². The number of hydrogen-bond acceptors (Lipinski definition) is 4. The van der Waals surface area contributed by atoms with E-state index in [0.717, 1.165) is 47.9 Å². The van der Waals surface area contributed by atoms with Crippen LogP contribution in [0.2, 0.25) is 0 Å². The number of hydrogen-bond donors (Lipinski definition) is 1. The van der Waals surface area contributed by atoms with Gasteiger partial charge in [0, 0.05) is 12.6 Å². The molecule has 0 radical (unpaired) electrons. The summed E-state index contributed by atoms with van der Waals surface area (Å²) >= 11 is 0. The maximum absolute atomic E-state index is 14.3. The van der Waals surface area contributed by atoms with Crippen LogP contribution >= 0.6 is 0 Å². The van der Waals surface area contributed by atoms with Crippen LogP contribution in [-0.4, -0.2) is 43.8 Å². The molecule has 1 aliphatic carbocycles. The second-order valence-electron chi connectivity index (χ2n) is 11.0. The van der Waals surface area contributed by atoms with Gasteiger partial charge in [-0.3, -0.25) is 13.9 Å². The largest absolute Gasteiger partial charge is 0.352 e. The Morgan fingerprint density at radius 1 is 0.902 bits per heavy atom. The number of nitrogens with zero attached hydrogens (tertiary/aromatic N) is 2. The van der Waals surface area contributed by atoms with Crippen LogP contribution in [0.25, 0.3) is 0 Å². The van der Waals surface area contributed by atoms with Gasteiger partial charge in [-0.25, -0.2) is 8.42 Å². The molecular weight excluding hydrogens is 534 g/mol. The SMILES string of the molecule is CC[C@H](C(=O)NC1CCCC1)N(Cc1cccc(C)c1)C(=O)CN(c1ccc(C)cc1C)S(=O)(=O)c1ccccc1. The van der Waals surface area contributed by atoms with Crippen molar-refractivity contribution in [2.75, 3.05) is 10.8 Å². The first-order valence-corrected chi connectivity index (χ1v) is 15.8. The Morgan fingerprint density at radius 2 is 1.59 bits per heavy atom. The number of carbonyl (C=O) groups is 2. The third-order valence-electron chi connectivity index (χ3n) is 7.75. The Kier molecular flexibility index (Phi) is 9.86. The minimum absolute atomic E-state index is 0.101. The molecule has 0 unspecified atom stereocenters. The van der Waals surface area contributed by atoms with Gasteiger partial charge in [-0.1, -0.05) is 85.5 Å². The summed E-state index contributed by atoms with van der Waals surface area (Å²) < 4.78 is 29.2. The zero-order chi connectivity index (χ0) is 29.6. The molecule has 7 nitrogen and oxygen atoms in total. The first kappa shape index (κ1) is 30.3.